The number of carbonyl (C=O) groups is 1. The molecular weight excluding hydrogens is 308 g/mol. The molecule has 1 fully saturated rings. The molecule has 23 heavy (non-hydrogen) atoms. The molecule has 0 aromatic carbocycles. The summed E-state index contributed by atoms with van der Waals surface area (Å²) in [6.07, 6.45) is 7.47. The standard InChI is InChI=1S/C17H34N4OS/c1-17(2,14-8-6-7-9-14)13-20-16(18-10-11-23-5)19-12-15(22)21(3)4/h14H,6-13H2,1-5H3,(H2,18,19,20). The number of hydrogen-bond donors (Lipinski definition) is 2. The van der Waals surface area contributed by atoms with E-state index in [4.69, 9.17) is 0 Å². The zero-order valence-electron chi connectivity index (χ0n) is 15.4. The first kappa shape index (κ1) is 20.1. The Hall–Kier alpha value is -0.910. The highest BCUT2D eigenvalue weighted by Crippen LogP contribution is 2.38. The molecule has 0 bridgehead atoms. The second-order valence-electron chi connectivity index (χ2n) is 7.20. The minimum atomic E-state index is 0.0195. The van der Waals surface area contributed by atoms with Crippen LogP contribution in [0.2, 0.25) is 0 Å². The number of carbonyl (C=O) groups excluding carboxylic acids is 1. The van der Waals surface area contributed by atoms with Gasteiger partial charge in [0.25, 0.3) is 0 Å². The van der Waals surface area contributed by atoms with Crippen molar-refractivity contribution < 1.29 is 4.79 Å². The molecule has 0 aromatic rings. The lowest BCUT2D eigenvalue weighted by Gasteiger charge is -2.32. The van der Waals surface area contributed by atoms with Gasteiger partial charge in [-0.15, -0.1) is 0 Å². The first-order valence-electron chi connectivity index (χ1n) is 8.58. The fraction of sp³-hybridized carbons (Fsp3) is 0.882. The van der Waals surface area contributed by atoms with Crippen LogP contribution in [0, 0.1) is 11.3 Å². The lowest BCUT2D eigenvalue weighted by atomic mass is 9.78. The molecule has 0 aromatic heterocycles. The van der Waals surface area contributed by atoms with Crippen molar-refractivity contribution in [2.24, 2.45) is 16.3 Å². The third-order valence-electron chi connectivity index (χ3n) is 4.64. The Labute approximate surface area is 146 Å². The zero-order chi connectivity index (χ0) is 17.3. The molecule has 1 rings (SSSR count). The van der Waals surface area contributed by atoms with Crippen molar-refractivity contribution in [3.8, 4) is 0 Å². The molecule has 134 valence electrons. The SMILES string of the molecule is CSCCNC(=NCC(=O)N(C)C)NCC(C)(C)C1CCCC1. The third kappa shape index (κ3) is 7.46. The van der Waals surface area contributed by atoms with E-state index in [1.807, 2.05) is 0 Å². The average Bonchev–Trinajstić information content (AvgIpc) is 3.04. The number of rotatable bonds is 8. The van der Waals surface area contributed by atoms with Gasteiger partial charge in [-0.05, 0) is 30.4 Å². The zero-order valence-corrected chi connectivity index (χ0v) is 16.3. The smallest absolute Gasteiger partial charge is 0.243 e. The molecule has 0 aliphatic heterocycles. The normalized spacial score (nSPS) is 16.5. The maximum absolute atomic E-state index is 11.7. The van der Waals surface area contributed by atoms with E-state index < -0.39 is 0 Å². The number of nitrogens with one attached hydrogen (secondary N) is 2. The topological polar surface area (TPSA) is 56.7 Å². The van der Waals surface area contributed by atoms with Crippen LogP contribution in [0.5, 0.6) is 0 Å². The van der Waals surface area contributed by atoms with Gasteiger partial charge in [0, 0.05) is 32.9 Å². The minimum absolute atomic E-state index is 0.0195. The Bertz CT molecular complexity index is 390. The average molecular weight is 343 g/mol. The highest BCUT2D eigenvalue weighted by Gasteiger charge is 2.31. The first-order chi connectivity index (χ1) is 10.9. The van der Waals surface area contributed by atoms with E-state index in [2.05, 4.69) is 35.7 Å². The van der Waals surface area contributed by atoms with Gasteiger partial charge in [0.05, 0.1) is 0 Å². The lowest BCUT2D eigenvalue weighted by molar-refractivity contribution is -0.127. The second kappa shape index (κ2) is 10.1. The molecule has 0 heterocycles. The van der Waals surface area contributed by atoms with Crippen molar-refractivity contribution in [3.63, 3.8) is 0 Å². The number of amides is 1. The lowest BCUT2D eigenvalue weighted by Crippen LogP contribution is -2.45. The number of likely N-dealkylation sites (N-methyl/N-ethyl adjacent to an activating group) is 1. The summed E-state index contributed by atoms with van der Waals surface area (Å²) in [6.45, 7) is 6.60. The maximum Gasteiger partial charge on any atom is 0.243 e. The van der Waals surface area contributed by atoms with Crippen LogP contribution in [0.15, 0.2) is 4.99 Å². The highest BCUT2D eigenvalue weighted by molar-refractivity contribution is 7.98. The van der Waals surface area contributed by atoms with Crippen molar-refractivity contribution in [2.45, 2.75) is 39.5 Å². The van der Waals surface area contributed by atoms with E-state index in [1.54, 1.807) is 30.8 Å². The molecule has 0 saturated heterocycles. The number of hydrogen-bond acceptors (Lipinski definition) is 3. The molecular formula is C17H34N4OS. The van der Waals surface area contributed by atoms with Crippen molar-refractivity contribution >= 4 is 23.6 Å². The number of thioether (sulfide) groups is 1. The Balaban J connectivity index is 2.56. The second-order valence-corrected chi connectivity index (χ2v) is 8.18. The van der Waals surface area contributed by atoms with Gasteiger partial charge in [0.2, 0.25) is 5.91 Å². The molecule has 1 aliphatic carbocycles. The summed E-state index contributed by atoms with van der Waals surface area (Å²) in [5.74, 6) is 2.58. The molecule has 0 spiro atoms. The minimum Gasteiger partial charge on any atom is -0.356 e. The highest BCUT2D eigenvalue weighted by atomic mass is 32.2. The van der Waals surface area contributed by atoms with Gasteiger partial charge in [-0.1, -0.05) is 26.7 Å². The third-order valence-corrected chi connectivity index (χ3v) is 5.25. The molecule has 1 aliphatic rings. The number of guanidine groups is 1. The van der Waals surface area contributed by atoms with E-state index in [9.17, 15) is 4.79 Å². The summed E-state index contributed by atoms with van der Waals surface area (Å²) in [4.78, 5) is 17.8. The van der Waals surface area contributed by atoms with Gasteiger partial charge in [0.1, 0.15) is 6.54 Å². The van der Waals surface area contributed by atoms with Gasteiger partial charge in [-0.2, -0.15) is 11.8 Å². The summed E-state index contributed by atoms with van der Waals surface area (Å²) in [5.41, 5.74) is 0.254. The van der Waals surface area contributed by atoms with E-state index in [0.29, 0.717) is 0 Å². The number of aliphatic imine (C=N–C) groups is 1. The van der Waals surface area contributed by atoms with Crippen LogP contribution in [0.1, 0.15) is 39.5 Å². The van der Waals surface area contributed by atoms with Crippen LogP contribution >= 0.6 is 11.8 Å². The largest absolute Gasteiger partial charge is 0.356 e. The Morgan fingerprint density at radius 1 is 1.26 bits per heavy atom. The fourth-order valence-electron chi connectivity index (χ4n) is 2.90. The summed E-state index contributed by atoms with van der Waals surface area (Å²) in [7, 11) is 3.52. The van der Waals surface area contributed by atoms with Crippen LogP contribution in [0.4, 0.5) is 0 Å². The predicted octanol–water partition coefficient (Wildman–Crippen LogP) is 2.19. The quantitative estimate of drug-likeness (QED) is 0.403. The first-order valence-corrected chi connectivity index (χ1v) is 9.97. The van der Waals surface area contributed by atoms with Gasteiger partial charge < -0.3 is 15.5 Å². The Kier molecular flexibility index (Phi) is 8.81. The Morgan fingerprint density at radius 3 is 2.48 bits per heavy atom. The molecule has 0 atom stereocenters. The predicted molar refractivity (Wildman–Crippen MR) is 101 cm³/mol. The van der Waals surface area contributed by atoms with Gasteiger partial charge in [0.15, 0.2) is 5.96 Å². The molecule has 0 unspecified atom stereocenters. The van der Waals surface area contributed by atoms with Crippen LogP contribution in [0.25, 0.3) is 0 Å². The van der Waals surface area contributed by atoms with Crippen molar-refractivity contribution in [1.82, 2.24) is 15.5 Å². The summed E-state index contributed by atoms with van der Waals surface area (Å²) in [6, 6.07) is 0. The number of nitrogens with zero attached hydrogens (tertiary/aromatic N) is 2. The van der Waals surface area contributed by atoms with Crippen molar-refractivity contribution in [2.75, 3.05) is 45.7 Å². The molecule has 5 nitrogen and oxygen atoms in total. The van der Waals surface area contributed by atoms with E-state index in [1.165, 1.54) is 25.7 Å². The maximum atomic E-state index is 11.7. The van der Waals surface area contributed by atoms with Gasteiger partial charge in [-0.3, -0.25) is 4.79 Å². The summed E-state index contributed by atoms with van der Waals surface area (Å²) >= 11 is 1.80. The van der Waals surface area contributed by atoms with E-state index >= 15 is 0 Å². The van der Waals surface area contributed by atoms with Crippen molar-refractivity contribution in [1.29, 1.82) is 0 Å². The molecule has 1 saturated carbocycles. The molecule has 1 amide bonds. The van der Waals surface area contributed by atoms with Crippen LogP contribution < -0.4 is 10.6 Å². The summed E-state index contributed by atoms with van der Waals surface area (Å²) in [5, 5.41) is 6.77. The van der Waals surface area contributed by atoms with E-state index in [0.717, 1.165) is 30.7 Å². The molecule has 6 heteroatoms. The Morgan fingerprint density at radius 2 is 1.91 bits per heavy atom. The van der Waals surface area contributed by atoms with E-state index in [-0.39, 0.29) is 17.9 Å². The molecule has 0 radical (unpaired) electrons. The van der Waals surface area contributed by atoms with Crippen LogP contribution in [0.3, 0.4) is 0 Å². The summed E-state index contributed by atoms with van der Waals surface area (Å²) < 4.78 is 0. The van der Waals surface area contributed by atoms with Crippen LogP contribution in [-0.2, 0) is 4.79 Å². The van der Waals surface area contributed by atoms with Crippen LogP contribution in [-0.4, -0.2) is 62.5 Å². The fourth-order valence-corrected chi connectivity index (χ4v) is 3.20. The van der Waals surface area contributed by atoms with Gasteiger partial charge in [-0.25, -0.2) is 4.99 Å². The van der Waals surface area contributed by atoms with Gasteiger partial charge >= 0.3 is 0 Å². The van der Waals surface area contributed by atoms with Crippen molar-refractivity contribution in [3.05, 3.63) is 0 Å². The molecule has 2 N–H and O–H groups in total. The monoisotopic (exact) mass is 342 g/mol.